The lowest BCUT2D eigenvalue weighted by Crippen LogP contribution is -2.36. The van der Waals surface area contributed by atoms with Crippen molar-refractivity contribution in [1.29, 1.82) is 5.26 Å². The Balaban J connectivity index is 2.01. The molecular formula is C13H14N6O2S. The quantitative estimate of drug-likeness (QED) is 0.385. The van der Waals surface area contributed by atoms with Crippen LogP contribution in [0.4, 0.5) is 11.4 Å². The number of nitrogens with one attached hydrogen (secondary N) is 1. The SMILES string of the molecule is CSC(=Nc1ccc(N2CCOCC2)c2nonc12)NC#N. The molecule has 8 nitrogen and oxygen atoms in total. The van der Waals surface area contributed by atoms with Gasteiger partial charge in [0.05, 0.1) is 24.6 Å². The van der Waals surface area contributed by atoms with Crippen LogP contribution < -0.4 is 10.2 Å². The van der Waals surface area contributed by atoms with Gasteiger partial charge in [-0.2, -0.15) is 5.26 Å². The summed E-state index contributed by atoms with van der Waals surface area (Å²) in [5.41, 5.74) is 2.81. The van der Waals surface area contributed by atoms with Crippen LogP contribution in [0.2, 0.25) is 0 Å². The first-order chi connectivity index (χ1) is 10.8. The van der Waals surface area contributed by atoms with E-state index in [0.717, 1.165) is 18.8 Å². The lowest BCUT2D eigenvalue weighted by molar-refractivity contribution is 0.123. The average Bonchev–Trinajstić information content (AvgIpc) is 3.05. The summed E-state index contributed by atoms with van der Waals surface area (Å²) >= 11 is 1.34. The number of hydrogen-bond donors (Lipinski definition) is 1. The zero-order chi connectivity index (χ0) is 15.4. The number of amidine groups is 1. The van der Waals surface area contributed by atoms with Gasteiger partial charge >= 0.3 is 0 Å². The van der Waals surface area contributed by atoms with Gasteiger partial charge in [-0.1, -0.05) is 11.8 Å². The van der Waals surface area contributed by atoms with Gasteiger partial charge in [-0.05, 0) is 28.7 Å². The van der Waals surface area contributed by atoms with Crippen molar-refractivity contribution in [2.75, 3.05) is 37.5 Å². The van der Waals surface area contributed by atoms with Crippen LogP contribution in [0.3, 0.4) is 0 Å². The molecule has 0 aliphatic carbocycles. The monoisotopic (exact) mass is 318 g/mol. The molecule has 1 aliphatic rings. The van der Waals surface area contributed by atoms with Crippen molar-refractivity contribution >= 4 is 39.3 Å². The van der Waals surface area contributed by atoms with Crippen molar-refractivity contribution in [2.45, 2.75) is 0 Å². The average molecular weight is 318 g/mol. The summed E-state index contributed by atoms with van der Waals surface area (Å²) in [7, 11) is 0. The van der Waals surface area contributed by atoms with E-state index in [-0.39, 0.29) is 0 Å². The molecule has 1 fully saturated rings. The second kappa shape index (κ2) is 6.64. The summed E-state index contributed by atoms with van der Waals surface area (Å²) < 4.78 is 10.3. The van der Waals surface area contributed by atoms with E-state index in [9.17, 15) is 0 Å². The molecule has 2 aromatic rings. The Morgan fingerprint density at radius 3 is 2.86 bits per heavy atom. The predicted molar refractivity (Wildman–Crippen MR) is 84.2 cm³/mol. The molecule has 114 valence electrons. The molecule has 0 unspecified atom stereocenters. The molecule has 1 aliphatic heterocycles. The lowest BCUT2D eigenvalue weighted by atomic mass is 10.2. The summed E-state index contributed by atoms with van der Waals surface area (Å²) in [6.45, 7) is 2.98. The highest BCUT2D eigenvalue weighted by Gasteiger charge is 2.18. The third-order valence-corrected chi connectivity index (χ3v) is 3.88. The van der Waals surface area contributed by atoms with Gasteiger partial charge in [0.15, 0.2) is 22.4 Å². The second-order valence-electron chi connectivity index (χ2n) is 4.52. The fraction of sp³-hybridized carbons (Fsp3) is 0.385. The number of aliphatic imine (C=N–C) groups is 1. The molecule has 1 saturated heterocycles. The Bertz CT molecular complexity index is 732. The third kappa shape index (κ3) is 2.84. The number of nitrogens with zero attached hydrogens (tertiary/aromatic N) is 5. The second-order valence-corrected chi connectivity index (χ2v) is 5.32. The molecule has 22 heavy (non-hydrogen) atoms. The molecule has 2 heterocycles. The van der Waals surface area contributed by atoms with Gasteiger partial charge in [0.1, 0.15) is 0 Å². The maximum absolute atomic E-state index is 8.71. The third-order valence-electron chi connectivity index (χ3n) is 3.30. The number of hydrogen-bond acceptors (Lipinski definition) is 8. The highest BCUT2D eigenvalue weighted by molar-refractivity contribution is 8.13. The smallest absolute Gasteiger partial charge is 0.183 e. The number of fused-ring (bicyclic) bond motifs is 1. The number of morpholine rings is 1. The Morgan fingerprint density at radius 2 is 2.14 bits per heavy atom. The van der Waals surface area contributed by atoms with Gasteiger partial charge < -0.3 is 9.64 Å². The van der Waals surface area contributed by atoms with Crippen molar-refractivity contribution in [3.05, 3.63) is 12.1 Å². The molecule has 1 aromatic heterocycles. The summed E-state index contributed by atoms with van der Waals surface area (Å²) in [4.78, 5) is 6.58. The highest BCUT2D eigenvalue weighted by Crippen LogP contribution is 2.32. The fourth-order valence-corrected chi connectivity index (χ4v) is 2.61. The van der Waals surface area contributed by atoms with Crippen molar-refractivity contribution in [2.24, 2.45) is 4.99 Å². The standard InChI is InChI=1S/C13H14N6O2S/c1-22-13(15-8-14)16-9-2-3-10(12-11(9)17-21-18-12)19-4-6-20-7-5-19/h2-3H,4-7H2,1H3,(H,15,16). The molecule has 1 N–H and O–H groups in total. The van der Waals surface area contributed by atoms with Gasteiger partial charge in [0.25, 0.3) is 0 Å². The van der Waals surface area contributed by atoms with Crippen LogP contribution in [0.25, 0.3) is 11.0 Å². The van der Waals surface area contributed by atoms with Crippen LogP contribution in [0.15, 0.2) is 21.8 Å². The summed E-state index contributed by atoms with van der Waals surface area (Å²) in [5.74, 6) is 0. The first kappa shape index (κ1) is 14.6. The minimum absolute atomic E-state index is 0.492. The number of anilines is 1. The van der Waals surface area contributed by atoms with Crippen LogP contribution in [0.1, 0.15) is 0 Å². The number of nitriles is 1. The summed E-state index contributed by atoms with van der Waals surface area (Å²) in [6.07, 6.45) is 3.70. The van der Waals surface area contributed by atoms with E-state index in [1.54, 1.807) is 0 Å². The minimum Gasteiger partial charge on any atom is -0.378 e. The van der Waals surface area contributed by atoms with Gasteiger partial charge in [0.2, 0.25) is 0 Å². The van der Waals surface area contributed by atoms with Crippen LogP contribution >= 0.6 is 11.8 Å². The molecule has 9 heteroatoms. The lowest BCUT2D eigenvalue weighted by Gasteiger charge is -2.28. The van der Waals surface area contributed by atoms with Crippen molar-refractivity contribution in [1.82, 2.24) is 15.6 Å². The number of ether oxygens (including phenoxy) is 1. The highest BCUT2D eigenvalue weighted by atomic mass is 32.2. The van der Waals surface area contributed by atoms with Gasteiger partial charge in [0, 0.05) is 13.1 Å². The largest absolute Gasteiger partial charge is 0.378 e. The van der Waals surface area contributed by atoms with Crippen LogP contribution in [0.5, 0.6) is 0 Å². The topological polar surface area (TPSA) is 99.6 Å². The number of rotatable bonds is 2. The van der Waals surface area contributed by atoms with E-state index >= 15 is 0 Å². The molecule has 0 radical (unpaired) electrons. The van der Waals surface area contributed by atoms with Crippen LogP contribution in [0, 0.1) is 11.5 Å². The Labute approximate surface area is 131 Å². The molecule has 0 atom stereocenters. The first-order valence-electron chi connectivity index (χ1n) is 6.69. The number of thioether (sulfide) groups is 1. The molecule has 0 saturated carbocycles. The molecule has 0 spiro atoms. The number of aromatic nitrogens is 2. The van der Waals surface area contributed by atoms with Gasteiger partial charge in [-0.3, -0.25) is 5.32 Å². The number of benzene rings is 1. The maximum atomic E-state index is 8.71. The Hall–Kier alpha value is -2.31. The van der Waals surface area contributed by atoms with Crippen LogP contribution in [-0.2, 0) is 4.74 Å². The van der Waals surface area contributed by atoms with E-state index in [0.29, 0.717) is 35.1 Å². The summed E-state index contributed by atoms with van der Waals surface area (Å²) in [6, 6.07) is 3.80. The fourth-order valence-electron chi connectivity index (χ4n) is 2.27. The first-order valence-corrected chi connectivity index (χ1v) is 7.91. The summed E-state index contributed by atoms with van der Waals surface area (Å²) in [5, 5.41) is 19.7. The molecule has 0 bridgehead atoms. The zero-order valence-electron chi connectivity index (χ0n) is 11.9. The molecular weight excluding hydrogens is 304 g/mol. The van der Waals surface area contributed by atoms with Gasteiger partial charge in [-0.15, -0.1) is 0 Å². The van der Waals surface area contributed by atoms with Crippen LogP contribution in [-0.4, -0.2) is 48.0 Å². The van der Waals surface area contributed by atoms with E-state index in [4.69, 9.17) is 14.6 Å². The Kier molecular flexibility index (Phi) is 4.41. The van der Waals surface area contributed by atoms with Crippen molar-refractivity contribution in [3.63, 3.8) is 0 Å². The normalized spacial score (nSPS) is 15.8. The predicted octanol–water partition coefficient (Wildman–Crippen LogP) is 1.48. The zero-order valence-corrected chi connectivity index (χ0v) is 12.8. The van der Waals surface area contributed by atoms with Crippen molar-refractivity contribution < 1.29 is 9.37 Å². The van der Waals surface area contributed by atoms with E-state index in [1.807, 2.05) is 24.6 Å². The molecule has 3 rings (SSSR count). The molecule has 1 aromatic carbocycles. The maximum Gasteiger partial charge on any atom is 0.183 e. The van der Waals surface area contributed by atoms with Gasteiger partial charge in [-0.25, -0.2) is 9.62 Å². The van der Waals surface area contributed by atoms with E-state index in [1.165, 1.54) is 11.8 Å². The minimum atomic E-state index is 0.492. The molecule has 0 amide bonds. The van der Waals surface area contributed by atoms with E-state index < -0.39 is 0 Å². The van der Waals surface area contributed by atoms with Crippen molar-refractivity contribution in [3.8, 4) is 6.19 Å². The Morgan fingerprint density at radius 1 is 1.36 bits per heavy atom. The van der Waals surface area contributed by atoms with E-state index in [2.05, 4.69) is 25.5 Å².